The Morgan fingerprint density at radius 1 is 1.31 bits per heavy atom. The van der Waals surface area contributed by atoms with E-state index < -0.39 is 5.97 Å². The van der Waals surface area contributed by atoms with Gasteiger partial charge in [0.1, 0.15) is 0 Å². The Kier molecular flexibility index (Phi) is 2.97. The maximum atomic E-state index is 11.2. The van der Waals surface area contributed by atoms with Crippen LogP contribution >= 0.6 is 0 Å². The van der Waals surface area contributed by atoms with E-state index in [1.54, 1.807) is 18.2 Å². The molecule has 66 valence electrons. The Hall–Kier alpha value is -1.90. The van der Waals surface area contributed by atoms with Crippen LogP contribution in [0, 0.1) is 0 Å². The fraction of sp³-hybridized carbons (Fsp3) is 0. The molecule has 1 aromatic carbocycles. The lowest BCUT2D eigenvalue weighted by molar-refractivity contribution is -0.129. The van der Waals surface area contributed by atoms with Gasteiger partial charge in [0.15, 0.2) is 5.75 Å². The van der Waals surface area contributed by atoms with Gasteiger partial charge in [-0.25, -0.2) is 4.79 Å². The summed E-state index contributed by atoms with van der Waals surface area (Å²) < 4.78 is 4.68. The smallest absolute Gasteiger partial charge is 0.335 e. The number of carbonyl (C=O) groups excluding carboxylic acids is 1. The average molecular weight is 176 g/mol. The van der Waals surface area contributed by atoms with E-state index in [9.17, 15) is 9.59 Å². The molecule has 0 atom stereocenters. The molecule has 13 heavy (non-hydrogen) atoms. The third kappa shape index (κ3) is 2.56. The lowest BCUT2D eigenvalue weighted by Gasteiger charge is -1.94. The van der Waals surface area contributed by atoms with Crippen molar-refractivity contribution in [1.82, 2.24) is 0 Å². The lowest BCUT2D eigenvalue weighted by Crippen LogP contribution is -2.09. The Morgan fingerprint density at radius 2 is 2.00 bits per heavy atom. The zero-order chi connectivity index (χ0) is 9.68. The van der Waals surface area contributed by atoms with Crippen molar-refractivity contribution in [2.24, 2.45) is 0 Å². The molecule has 0 aromatic heterocycles. The number of ether oxygens (including phenoxy) is 1. The third-order valence-corrected chi connectivity index (χ3v) is 1.34. The van der Waals surface area contributed by atoms with Gasteiger partial charge in [-0.2, -0.15) is 0 Å². The summed E-state index contributed by atoms with van der Waals surface area (Å²) >= 11 is 0. The summed E-state index contributed by atoms with van der Waals surface area (Å²) in [5.41, 5.74) is -0.333. The molecule has 0 aliphatic heterocycles. The lowest BCUT2D eigenvalue weighted by atomic mass is 10.4. The zero-order valence-corrected chi connectivity index (χ0v) is 6.90. The second-order valence-electron chi connectivity index (χ2n) is 2.26. The standard InChI is InChI=1S/C10H8O3/c1-2-10(12)13-9-7-5-3-4-6-8(9)11/h2-7H,1H2. The molecular weight excluding hydrogens is 168 g/mol. The second kappa shape index (κ2) is 4.21. The summed E-state index contributed by atoms with van der Waals surface area (Å²) in [4.78, 5) is 21.9. The Bertz CT molecular complexity index is 382. The van der Waals surface area contributed by atoms with Gasteiger partial charge in [-0.1, -0.05) is 24.8 Å². The van der Waals surface area contributed by atoms with E-state index in [4.69, 9.17) is 0 Å². The van der Waals surface area contributed by atoms with Gasteiger partial charge >= 0.3 is 5.97 Å². The fourth-order valence-corrected chi connectivity index (χ4v) is 0.749. The molecule has 0 amide bonds. The molecule has 0 saturated carbocycles. The first-order valence-electron chi connectivity index (χ1n) is 3.67. The summed E-state index contributed by atoms with van der Waals surface area (Å²) in [6.45, 7) is 3.23. The molecule has 1 aromatic rings. The highest BCUT2D eigenvalue weighted by atomic mass is 16.5. The SMILES string of the molecule is C=CC(=O)Oc1cccccc1=O. The maximum Gasteiger partial charge on any atom is 0.335 e. The topological polar surface area (TPSA) is 43.4 Å². The highest BCUT2D eigenvalue weighted by molar-refractivity contribution is 5.83. The van der Waals surface area contributed by atoms with Gasteiger partial charge in [-0.15, -0.1) is 0 Å². The number of hydrogen-bond donors (Lipinski definition) is 0. The van der Waals surface area contributed by atoms with Crippen molar-refractivity contribution in [2.45, 2.75) is 0 Å². The molecule has 0 unspecified atom stereocenters. The summed E-state index contributed by atoms with van der Waals surface area (Å²) in [5, 5.41) is 0. The first-order valence-corrected chi connectivity index (χ1v) is 3.67. The predicted molar refractivity (Wildman–Crippen MR) is 48.5 cm³/mol. The van der Waals surface area contributed by atoms with E-state index in [0.717, 1.165) is 6.08 Å². The molecule has 0 bridgehead atoms. The van der Waals surface area contributed by atoms with Crippen molar-refractivity contribution in [1.29, 1.82) is 0 Å². The van der Waals surface area contributed by atoms with Crippen LogP contribution in [-0.2, 0) is 4.79 Å². The maximum absolute atomic E-state index is 11.2. The quantitative estimate of drug-likeness (QED) is 0.501. The first-order chi connectivity index (χ1) is 6.24. The largest absolute Gasteiger partial charge is 0.419 e. The average Bonchev–Trinajstić information content (AvgIpc) is 2.32. The van der Waals surface area contributed by atoms with E-state index in [1.807, 2.05) is 0 Å². The Labute approximate surface area is 75.3 Å². The molecule has 0 radical (unpaired) electrons. The fourth-order valence-electron chi connectivity index (χ4n) is 0.749. The van der Waals surface area contributed by atoms with Crippen molar-refractivity contribution >= 4 is 5.97 Å². The molecule has 0 aliphatic rings. The van der Waals surface area contributed by atoms with Crippen LogP contribution in [0.5, 0.6) is 5.75 Å². The van der Waals surface area contributed by atoms with Gasteiger partial charge in [0.05, 0.1) is 0 Å². The van der Waals surface area contributed by atoms with Crippen molar-refractivity contribution < 1.29 is 9.53 Å². The van der Waals surface area contributed by atoms with E-state index in [-0.39, 0.29) is 11.2 Å². The predicted octanol–water partition coefficient (Wildman–Crippen LogP) is 1.14. The minimum absolute atomic E-state index is 0.00917. The molecule has 3 nitrogen and oxygen atoms in total. The highest BCUT2D eigenvalue weighted by Crippen LogP contribution is 2.00. The van der Waals surface area contributed by atoms with Crippen LogP contribution in [0.4, 0.5) is 0 Å². The van der Waals surface area contributed by atoms with Gasteiger partial charge in [0.2, 0.25) is 5.43 Å². The molecule has 0 saturated heterocycles. The molecular formula is C10H8O3. The summed E-state index contributed by atoms with van der Waals surface area (Å²) in [6.07, 6.45) is 1.01. The third-order valence-electron chi connectivity index (χ3n) is 1.34. The van der Waals surface area contributed by atoms with Crippen molar-refractivity contribution in [3.63, 3.8) is 0 Å². The van der Waals surface area contributed by atoms with Crippen LogP contribution in [0.3, 0.4) is 0 Å². The zero-order valence-electron chi connectivity index (χ0n) is 6.90. The van der Waals surface area contributed by atoms with E-state index in [1.165, 1.54) is 12.1 Å². The summed E-state index contributed by atoms with van der Waals surface area (Å²) in [5.74, 6) is -0.627. The van der Waals surface area contributed by atoms with Gasteiger partial charge in [-0.05, 0) is 12.1 Å². The number of rotatable bonds is 2. The Morgan fingerprint density at radius 3 is 2.69 bits per heavy atom. The van der Waals surface area contributed by atoms with Crippen LogP contribution < -0.4 is 10.2 Å². The van der Waals surface area contributed by atoms with Crippen LogP contribution in [-0.4, -0.2) is 5.97 Å². The second-order valence-corrected chi connectivity index (χ2v) is 2.26. The molecule has 0 spiro atoms. The van der Waals surface area contributed by atoms with E-state index in [0.29, 0.717) is 0 Å². The van der Waals surface area contributed by atoms with Gasteiger partial charge < -0.3 is 4.74 Å². The highest BCUT2D eigenvalue weighted by Gasteiger charge is 2.00. The summed E-state index contributed by atoms with van der Waals surface area (Å²) in [6, 6.07) is 7.63. The monoisotopic (exact) mass is 176 g/mol. The van der Waals surface area contributed by atoms with Crippen LogP contribution in [0.1, 0.15) is 0 Å². The number of hydrogen-bond acceptors (Lipinski definition) is 3. The number of esters is 1. The van der Waals surface area contributed by atoms with E-state index >= 15 is 0 Å². The number of carbonyl (C=O) groups is 1. The van der Waals surface area contributed by atoms with Crippen molar-refractivity contribution in [2.75, 3.05) is 0 Å². The molecule has 0 heterocycles. The first kappa shape index (κ1) is 9.19. The molecule has 1 rings (SSSR count). The van der Waals surface area contributed by atoms with Gasteiger partial charge in [0, 0.05) is 6.08 Å². The minimum atomic E-state index is -0.636. The van der Waals surface area contributed by atoms with Crippen LogP contribution in [0.25, 0.3) is 0 Å². The van der Waals surface area contributed by atoms with Crippen LogP contribution in [0.2, 0.25) is 0 Å². The molecule has 0 fully saturated rings. The van der Waals surface area contributed by atoms with Gasteiger partial charge in [0.25, 0.3) is 0 Å². The van der Waals surface area contributed by atoms with Crippen LogP contribution in [0.15, 0.2) is 47.8 Å². The Balaban J connectivity index is 3.03. The minimum Gasteiger partial charge on any atom is -0.419 e. The van der Waals surface area contributed by atoms with Gasteiger partial charge in [-0.3, -0.25) is 4.79 Å². The normalized spacial score (nSPS) is 8.92. The van der Waals surface area contributed by atoms with Crippen molar-refractivity contribution in [3.8, 4) is 5.75 Å². The van der Waals surface area contributed by atoms with E-state index in [2.05, 4.69) is 11.3 Å². The molecule has 3 heteroatoms. The summed E-state index contributed by atoms with van der Waals surface area (Å²) in [7, 11) is 0. The molecule has 0 aliphatic carbocycles. The van der Waals surface area contributed by atoms with Crippen molar-refractivity contribution in [3.05, 3.63) is 53.2 Å². The molecule has 0 N–H and O–H groups in total.